The van der Waals surface area contributed by atoms with Gasteiger partial charge in [0.15, 0.2) is 0 Å². The number of morpholine rings is 1. The lowest BCUT2D eigenvalue weighted by molar-refractivity contribution is 0.0169. The third-order valence-electron chi connectivity index (χ3n) is 4.40. The maximum Gasteiger partial charge on any atom is 0.0594 e. The van der Waals surface area contributed by atoms with E-state index < -0.39 is 0 Å². The van der Waals surface area contributed by atoms with Crippen LogP contribution in [0.4, 0.5) is 0 Å². The van der Waals surface area contributed by atoms with Gasteiger partial charge < -0.3 is 10.5 Å². The fourth-order valence-corrected chi connectivity index (χ4v) is 3.12. The molecule has 0 aromatic rings. The third-order valence-corrected chi connectivity index (χ3v) is 4.40. The number of nitrogens with zero attached hydrogens (tertiary/aromatic N) is 1. The molecule has 2 fully saturated rings. The summed E-state index contributed by atoms with van der Waals surface area (Å²) in [6.45, 7) is 9.78. The molecule has 1 aliphatic heterocycles. The number of ether oxygens (including phenoxy) is 1. The zero-order valence-corrected chi connectivity index (χ0v) is 10.7. The smallest absolute Gasteiger partial charge is 0.0594 e. The summed E-state index contributed by atoms with van der Waals surface area (Å²) >= 11 is 0. The Bertz CT molecular complexity index is 224. The molecule has 3 heteroatoms. The summed E-state index contributed by atoms with van der Waals surface area (Å²) in [5.41, 5.74) is 6.74. The van der Waals surface area contributed by atoms with Gasteiger partial charge in [0.05, 0.1) is 13.2 Å². The van der Waals surface area contributed by atoms with E-state index in [0.29, 0.717) is 17.4 Å². The van der Waals surface area contributed by atoms with Crippen LogP contribution in [0.1, 0.15) is 33.1 Å². The fourth-order valence-electron chi connectivity index (χ4n) is 3.12. The van der Waals surface area contributed by atoms with E-state index in [0.717, 1.165) is 26.3 Å². The number of hydrogen-bond donors (Lipinski definition) is 1. The Labute approximate surface area is 99.3 Å². The van der Waals surface area contributed by atoms with Crippen LogP contribution >= 0.6 is 0 Å². The SMILES string of the molecule is CC1(C)CCCC(CN2CCOCC2)C1N. The van der Waals surface area contributed by atoms with Crippen molar-refractivity contribution in [1.29, 1.82) is 0 Å². The van der Waals surface area contributed by atoms with Crippen LogP contribution in [-0.4, -0.2) is 43.8 Å². The number of rotatable bonds is 2. The molecule has 0 radical (unpaired) electrons. The Morgan fingerprint density at radius 2 is 2.00 bits per heavy atom. The van der Waals surface area contributed by atoms with E-state index in [-0.39, 0.29) is 0 Å². The van der Waals surface area contributed by atoms with Crippen molar-refractivity contribution in [2.45, 2.75) is 39.2 Å². The van der Waals surface area contributed by atoms with E-state index in [1.807, 2.05) is 0 Å². The van der Waals surface area contributed by atoms with Gasteiger partial charge >= 0.3 is 0 Å². The highest BCUT2D eigenvalue weighted by molar-refractivity contribution is 4.92. The normalized spacial score (nSPS) is 36.2. The Hall–Kier alpha value is -0.120. The largest absolute Gasteiger partial charge is 0.379 e. The van der Waals surface area contributed by atoms with Gasteiger partial charge in [0.1, 0.15) is 0 Å². The molecule has 2 rings (SSSR count). The Morgan fingerprint density at radius 1 is 1.31 bits per heavy atom. The van der Waals surface area contributed by atoms with Crippen LogP contribution in [0.5, 0.6) is 0 Å². The average Bonchev–Trinajstić information content (AvgIpc) is 2.26. The Kier molecular flexibility index (Phi) is 3.88. The minimum Gasteiger partial charge on any atom is -0.379 e. The summed E-state index contributed by atoms with van der Waals surface area (Å²) in [6, 6.07) is 0.365. The quantitative estimate of drug-likeness (QED) is 0.775. The number of nitrogens with two attached hydrogens (primary N) is 1. The van der Waals surface area contributed by atoms with Crippen LogP contribution in [0.15, 0.2) is 0 Å². The zero-order chi connectivity index (χ0) is 11.6. The van der Waals surface area contributed by atoms with Crippen LogP contribution in [0, 0.1) is 11.3 Å². The lowest BCUT2D eigenvalue weighted by Crippen LogP contribution is -2.51. The second-order valence-electron chi connectivity index (χ2n) is 6.08. The molecule has 0 amide bonds. The molecule has 2 aliphatic rings. The Balaban J connectivity index is 1.88. The van der Waals surface area contributed by atoms with E-state index in [9.17, 15) is 0 Å². The van der Waals surface area contributed by atoms with Crippen LogP contribution < -0.4 is 5.73 Å². The van der Waals surface area contributed by atoms with E-state index in [1.165, 1.54) is 25.8 Å². The molecule has 0 spiro atoms. The highest BCUT2D eigenvalue weighted by Crippen LogP contribution is 2.37. The van der Waals surface area contributed by atoms with Gasteiger partial charge in [-0.1, -0.05) is 20.3 Å². The maximum atomic E-state index is 6.42. The minimum atomic E-state index is 0.329. The molecule has 0 aromatic carbocycles. The molecule has 94 valence electrons. The predicted molar refractivity (Wildman–Crippen MR) is 66.4 cm³/mol. The highest BCUT2D eigenvalue weighted by Gasteiger charge is 2.36. The predicted octanol–water partition coefficient (Wildman–Crippen LogP) is 1.47. The number of hydrogen-bond acceptors (Lipinski definition) is 3. The van der Waals surface area contributed by atoms with E-state index in [4.69, 9.17) is 10.5 Å². The molecule has 2 atom stereocenters. The second kappa shape index (κ2) is 5.03. The molecular weight excluding hydrogens is 200 g/mol. The molecular formula is C13H26N2O. The minimum absolute atomic E-state index is 0.329. The van der Waals surface area contributed by atoms with Crippen molar-refractivity contribution in [3.63, 3.8) is 0 Å². The molecule has 0 aromatic heterocycles. The lowest BCUT2D eigenvalue weighted by Gasteiger charge is -2.44. The summed E-state index contributed by atoms with van der Waals surface area (Å²) in [5.74, 6) is 0.682. The molecule has 1 saturated carbocycles. The van der Waals surface area contributed by atoms with Gasteiger partial charge in [-0.15, -0.1) is 0 Å². The van der Waals surface area contributed by atoms with Crippen LogP contribution in [0.3, 0.4) is 0 Å². The lowest BCUT2D eigenvalue weighted by atomic mass is 9.68. The van der Waals surface area contributed by atoms with E-state index in [2.05, 4.69) is 18.7 Å². The van der Waals surface area contributed by atoms with Crippen molar-refractivity contribution < 1.29 is 4.74 Å². The first-order valence-electron chi connectivity index (χ1n) is 6.65. The van der Waals surface area contributed by atoms with Crippen LogP contribution in [0.2, 0.25) is 0 Å². The second-order valence-corrected chi connectivity index (χ2v) is 6.08. The zero-order valence-electron chi connectivity index (χ0n) is 10.7. The van der Waals surface area contributed by atoms with Gasteiger partial charge in [-0.05, 0) is 24.2 Å². The molecule has 2 unspecified atom stereocenters. The van der Waals surface area contributed by atoms with Crippen LogP contribution in [-0.2, 0) is 4.74 Å². The summed E-state index contributed by atoms with van der Waals surface area (Å²) in [5, 5.41) is 0. The van der Waals surface area contributed by atoms with Crippen molar-refractivity contribution in [3.05, 3.63) is 0 Å². The van der Waals surface area contributed by atoms with Gasteiger partial charge in [0.25, 0.3) is 0 Å². The van der Waals surface area contributed by atoms with Gasteiger partial charge in [0.2, 0.25) is 0 Å². The molecule has 16 heavy (non-hydrogen) atoms. The molecule has 1 saturated heterocycles. The summed E-state index contributed by atoms with van der Waals surface area (Å²) in [7, 11) is 0. The molecule has 1 heterocycles. The molecule has 1 aliphatic carbocycles. The third kappa shape index (κ3) is 2.76. The maximum absolute atomic E-state index is 6.42. The van der Waals surface area contributed by atoms with Gasteiger partial charge in [-0.25, -0.2) is 0 Å². The summed E-state index contributed by atoms with van der Waals surface area (Å²) < 4.78 is 5.38. The molecule has 0 bridgehead atoms. The van der Waals surface area contributed by atoms with Crippen LogP contribution in [0.25, 0.3) is 0 Å². The summed E-state index contributed by atoms with van der Waals surface area (Å²) in [4.78, 5) is 2.52. The molecule has 3 nitrogen and oxygen atoms in total. The van der Waals surface area contributed by atoms with Crippen molar-refractivity contribution in [3.8, 4) is 0 Å². The summed E-state index contributed by atoms with van der Waals surface area (Å²) in [6.07, 6.45) is 3.94. The van der Waals surface area contributed by atoms with E-state index in [1.54, 1.807) is 0 Å². The van der Waals surface area contributed by atoms with Gasteiger partial charge in [0, 0.05) is 25.7 Å². The standard InChI is InChI=1S/C13H26N2O/c1-13(2)5-3-4-11(12(13)14)10-15-6-8-16-9-7-15/h11-12H,3-10,14H2,1-2H3. The van der Waals surface area contributed by atoms with Gasteiger partial charge in [-0.2, -0.15) is 0 Å². The molecule has 2 N–H and O–H groups in total. The average molecular weight is 226 g/mol. The van der Waals surface area contributed by atoms with Crippen molar-refractivity contribution in [1.82, 2.24) is 4.90 Å². The van der Waals surface area contributed by atoms with Crippen molar-refractivity contribution >= 4 is 0 Å². The highest BCUT2D eigenvalue weighted by atomic mass is 16.5. The fraction of sp³-hybridized carbons (Fsp3) is 1.00. The van der Waals surface area contributed by atoms with Crippen molar-refractivity contribution in [2.24, 2.45) is 17.1 Å². The first-order valence-corrected chi connectivity index (χ1v) is 6.65. The topological polar surface area (TPSA) is 38.5 Å². The van der Waals surface area contributed by atoms with Gasteiger partial charge in [-0.3, -0.25) is 4.90 Å². The van der Waals surface area contributed by atoms with Crippen molar-refractivity contribution in [2.75, 3.05) is 32.8 Å². The first-order chi connectivity index (χ1) is 7.59. The Morgan fingerprint density at radius 3 is 2.69 bits per heavy atom. The van der Waals surface area contributed by atoms with E-state index >= 15 is 0 Å². The first kappa shape index (κ1) is 12.3. The monoisotopic (exact) mass is 226 g/mol.